The summed E-state index contributed by atoms with van der Waals surface area (Å²) in [6, 6.07) is 9.90. The van der Waals surface area contributed by atoms with Gasteiger partial charge in [-0.05, 0) is 52.9 Å². The zero-order chi connectivity index (χ0) is 15.4. The molecule has 0 aliphatic heterocycles. The summed E-state index contributed by atoms with van der Waals surface area (Å²) < 4.78 is 5.96. The van der Waals surface area contributed by atoms with E-state index in [-0.39, 0.29) is 5.57 Å². The van der Waals surface area contributed by atoms with Gasteiger partial charge in [-0.2, -0.15) is 5.26 Å². The fraction of sp³-hybridized carbons (Fsp3) is 0. The molecule has 0 atom stereocenters. The van der Waals surface area contributed by atoms with Crippen LogP contribution in [0.1, 0.15) is 5.76 Å². The van der Waals surface area contributed by atoms with Gasteiger partial charge in [-0.3, -0.25) is 4.79 Å². The maximum absolute atomic E-state index is 12.0. The lowest BCUT2D eigenvalue weighted by Crippen LogP contribution is -2.13. The van der Waals surface area contributed by atoms with Crippen LogP contribution < -0.4 is 5.32 Å². The van der Waals surface area contributed by atoms with Crippen molar-refractivity contribution >= 4 is 63.5 Å². The third-order valence-electron chi connectivity index (χ3n) is 2.42. The Hall–Kier alpha value is -1.49. The van der Waals surface area contributed by atoms with Gasteiger partial charge in [-0.25, -0.2) is 0 Å². The smallest absolute Gasteiger partial charge is 0.266 e. The van der Waals surface area contributed by atoms with Crippen LogP contribution in [0.25, 0.3) is 6.08 Å². The van der Waals surface area contributed by atoms with Crippen LogP contribution in [-0.2, 0) is 4.79 Å². The van der Waals surface area contributed by atoms with Crippen molar-refractivity contribution in [1.82, 2.24) is 0 Å². The monoisotopic (exact) mass is 432 g/mol. The number of hydrogen-bond acceptors (Lipinski definition) is 3. The number of benzene rings is 1. The third kappa shape index (κ3) is 4.24. The number of anilines is 1. The Balaban J connectivity index is 2.19. The van der Waals surface area contributed by atoms with Gasteiger partial charge in [0.05, 0.1) is 10.0 Å². The highest BCUT2D eigenvalue weighted by Gasteiger charge is 2.11. The van der Waals surface area contributed by atoms with Crippen LogP contribution in [0.15, 0.2) is 40.3 Å². The Morgan fingerprint density at radius 1 is 1.29 bits per heavy atom. The Morgan fingerprint density at radius 3 is 2.62 bits per heavy atom. The van der Waals surface area contributed by atoms with Gasteiger partial charge < -0.3 is 9.73 Å². The first kappa shape index (κ1) is 15.9. The summed E-state index contributed by atoms with van der Waals surface area (Å²) in [7, 11) is 0. The second-order valence-corrected chi connectivity index (χ2v) is 5.77. The minimum absolute atomic E-state index is 0.0770. The fourth-order valence-electron chi connectivity index (χ4n) is 1.47. The molecular formula is C14H7Cl2IN2O2. The van der Waals surface area contributed by atoms with Gasteiger partial charge in [-0.1, -0.05) is 23.2 Å². The first-order valence-corrected chi connectivity index (χ1v) is 7.46. The summed E-state index contributed by atoms with van der Waals surface area (Å²) in [5.74, 6) is -0.123. The third-order valence-corrected chi connectivity index (χ3v) is 3.74. The average Bonchev–Trinajstić information content (AvgIpc) is 2.85. The molecular weight excluding hydrogens is 426 g/mol. The number of nitriles is 1. The molecule has 0 saturated heterocycles. The first-order valence-electron chi connectivity index (χ1n) is 5.63. The fourth-order valence-corrected chi connectivity index (χ4v) is 2.20. The number of hydrogen-bond donors (Lipinski definition) is 1. The first-order chi connectivity index (χ1) is 9.99. The predicted molar refractivity (Wildman–Crippen MR) is 90.1 cm³/mol. The van der Waals surface area contributed by atoms with Gasteiger partial charge >= 0.3 is 0 Å². The Bertz CT molecular complexity index is 763. The molecule has 4 nitrogen and oxygen atoms in total. The van der Waals surface area contributed by atoms with Crippen molar-refractivity contribution in [3.63, 3.8) is 0 Å². The van der Waals surface area contributed by atoms with E-state index in [2.05, 4.69) is 5.32 Å². The number of nitrogens with one attached hydrogen (secondary N) is 1. The molecule has 0 unspecified atom stereocenters. The van der Waals surface area contributed by atoms with Crippen molar-refractivity contribution in [2.45, 2.75) is 0 Å². The maximum Gasteiger partial charge on any atom is 0.266 e. The van der Waals surface area contributed by atoms with E-state index in [1.54, 1.807) is 24.3 Å². The molecule has 1 amide bonds. The molecule has 1 aromatic heterocycles. The molecule has 106 valence electrons. The lowest BCUT2D eigenvalue weighted by Gasteiger charge is -2.05. The molecule has 2 aromatic rings. The highest BCUT2D eigenvalue weighted by molar-refractivity contribution is 14.1. The van der Waals surface area contributed by atoms with E-state index in [0.29, 0.717) is 25.3 Å². The van der Waals surface area contributed by atoms with Crippen LogP contribution in [0.4, 0.5) is 5.69 Å². The molecule has 0 spiro atoms. The molecule has 7 heteroatoms. The largest absolute Gasteiger partial charge is 0.451 e. The van der Waals surface area contributed by atoms with Crippen molar-refractivity contribution in [3.05, 3.63) is 55.5 Å². The van der Waals surface area contributed by atoms with E-state index in [0.717, 1.165) is 0 Å². The average molecular weight is 433 g/mol. The Kier molecular flexibility index (Phi) is 5.28. The zero-order valence-corrected chi connectivity index (χ0v) is 14.0. The molecule has 0 aliphatic carbocycles. The van der Waals surface area contributed by atoms with Crippen molar-refractivity contribution in [1.29, 1.82) is 5.26 Å². The number of furan rings is 1. The van der Waals surface area contributed by atoms with Crippen molar-refractivity contribution in [3.8, 4) is 6.07 Å². The summed E-state index contributed by atoms with van der Waals surface area (Å²) in [5.41, 5.74) is 0.372. The van der Waals surface area contributed by atoms with E-state index in [1.807, 2.05) is 28.7 Å². The number of carbonyl (C=O) groups is 1. The van der Waals surface area contributed by atoms with Crippen LogP contribution in [0.3, 0.4) is 0 Å². The SMILES string of the molecule is N#C/C(=C/c1ccc(I)o1)C(=O)Nc1ccc(Cl)c(Cl)c1. The second-order valence-electron chi connectivity index (χ2n) is 3.89. The summed E-state index contributed by atoms with van der Waals surface area (Å²) in [6.45, 7) is 0. The topological polar surface area (TPSA) is 66.0 Å². The predicted octanol–water partition coefficient (Wildman–Crippen LogP) is 4.74. The lowest BCUT2D eigenvalue weighted by atomic mass is 10.2. The molecule has 1 aromatic carbocycles. The molecule has 0 fully saturated rings. The molecule has 0 saturated carbocycles. The van der Waals surface area contributed by atoms with Crippen molar-refractivity contribution in [2.24, 2.45) is 0 Å². The Labute approximate surface area is 144 Å². The highest BCUT2D eigenvalue weighted by atomic mass is 127. The van der Waals surface area contributed by atoms with E-state index < -0.39 is 5.91 Å². The normalized spacial score (nSPS) is 11.0. The lowest BCUT2D eigenvalue weighted by molar-refractivity contribution is -0.112. The van der Waals surface area contributed by atoms with Crippen LogP contribution in [0, 0.1) is 15.1 Å². The Morgan fingerprint density at radius 2 is 2.05 bits per heavy atom. The van der Waals surface area contributed by atoms with Gasteiger partial charge in [-0.15, -0.1) is 0 Å². The summed E-state index contributed by atoms with van der Waals surface area (Å²) in [5, 5.41) is 12.3. The van der Waals surface area contributed by atoms with Crippen LogP contribution in [0.5, 0.6) is 0 Å². The standard InChI is InChI=1S/C14H7Cl2IN2O2/c15-11-3-1-9(6-12(11)16)19-14(20)8(7-18)5-10-2-4-13(17)21-10/h1-6H,(H,19,20)/b8-5-. The number of rotatable bonds is 3. The van der Waals surface area contributed by atoms with E-state index in [4.69, 9.17) is 32.9 Å². The van der Waals surface area contributed by atoms with Crippen LogP contribution in [0.2, 0.25) is 10.0 Å². The number of halogens is 3. The summed E-state index contributed by atoms with van der Waals surface area (Å²) in [4.78, 5) is 12.0. The van der Waals surface area contributed by atoms with E-state index in [9.17, 15) is 4.79 Å². The molecule has 1 heterocycles. The molecule has 2 rings (SSSR count). The quantitative estimate of drug-likeness (QED) is 0.433. The number of nitrogens with zero attached hydrogens (tertiary/aromatic N) is 1. The second kappa shape index (κ2) is 6.98. The van der Waals surface area contributed by atoms with Gasteiger partial charge in [0.15, 0.2) is 3.77 Å². The van der Waals surface area contributed by atoms with Crippen molar-refractivity contribution < 1.29 is 9.21 Å². The summed E-state index contributed by atoms with van der Waals surface area (Å²) in [6.07, 6.45) is 1.37. The molecule has 0 aliphatic rings. The van der Waals surface area contributed by atoms with Crippen molar-refractivity contribution in [2.75, 3.05) is 5.32 Å². The van der Waals surface area contributed by atoms with Gasteiger partial charge in [0, 0.05) is 11.8 Å². The minimum atomic E-state index is -0.553. The maximum atomic E-state index is 12.0. The van der Waals surface area contributed by atoms with Crippen LogP contribution in [-0.4, -0.2) is 5.91 Å². The number of carbonyl (C=O) groups excluding carboxylic acids is 1. The molecule has 21 heavy (non-hydrogen) atoms. The van der Waals surface area contributed by atoms with Gasteiger partial charge in [0.2, 0.25) is 0 Å². The molecule has 0 bridgehead atoms. The molecule has 1 N–H and O–H groups in total. The highest BCUT2D eigenvalue weighted by Crippen LogP contribution is 2.25. The summed E-state index contributed by atoms with van der Waals surface area (Å²) >= 11 is 13.7. The number of amides is 1. The van der Waals surface area contributed by atoms with Gasteiger partial charge in [0.25, 0.3) is 5.91 Å². The van der Waals surface area contributed by atoms with E-state index >= 15 is 0 Å². The van der Waals surface area contributed by atoms with Crippen LogP contribution >= 0.6 is 45.8 Å². The van der Waals surface area contributed by atoms with Gasteiger partial charge in [0.1, 0.15) is 17.4 Å². The molecule has 0 radical (unpaired) electrons. The van der Waals surface area contributed by atoms with E-state index in [1.165, 1.54) is 12.1 Å². The zero-order valence-electron chi connectivity index (χ0n) is 10.4. The minimum Gasteiger partial charge on any atom is -0.451 e.